The van der Waals surface area contributed by atoms with Gasteiger partial charge in [0.1, 0.15) is 11.6 Å². The molecular weight excluding hydrogens is 795 g/mol. The molecule has 4 fully saturated rings. The molecule has 324 valence electrons. The molecular formula is C46H52F2N10O4. The summed E-state index contributed by atoms with van der Waals surface area (Å²) < 4.78 is 41.1. The maximum atomic E-state index is 15.3. The van der Waals surface area contributed by atoms with E-state index in [0.717, 1.165) is 85.4 Å². The van der Waals surface area contributed by atoms with Crippen LogP contribution in [0.15, 0.2) is 42.5 Å². The van der Waals surface area contributed by atoms with Crippen molar-refractivity contribution in [2.24, 2.45) is 18.9 Å². The van der Waals surface area contributed by atoms with E-state index in [4.69, 9.17) is 14.7 Å². The zero-order valence-electron chi connectivity index (χ0n) is 35.6. The summed E-state index contributed by atoms with van der Waals surface area (Å²) in [5.74, 6) is -1.85. The zero-order valence-corrected chi connectivity index (χ0v) is 35.6. The molecule has 2 aromatic carbocycles. The standard InChI is InChI=1S/C46H52F2N10O4/c1-25-15-29-17-38(49-25)41-26(2)53-55(4)45(41)62-24-28-6-5-27(16-28)21-58-39-20-31(7-9-37(39)50-46(58)52-43(29)60)57-22-33(23-57)54(3)30-11-13-56(14-12-30)32-18-35(47)42(36(48)19-32)34-8-10-40(59)51-44(34)61/h7,9,15,17-20,27-28,30,33-34H,5-6,8,10-14,16,21-24H2,1-4H3,(H,50,52,60)(H,51,59,61)/t27-,28+,34-/m1/s1. The number of ether oxygens (including phenoxy) is 1. The molecule has 5 aliphatic rings. The number of hydrogen-bond donors (Lipinski definition) is 2. The highest BCUT2D eigenvalue weighted by atomic mass is 19.1. The van der Waals surface area contributed by atoms with Crippen molar-refractivity contribution < 1.29 is 27.9 Å². The minimum absolute atomic E-state index is 0.0562. The lowest BCUT2D eigenvalue weighted by molar-refractivity contribution is -0.134. The number of aryl methyl sites for hydroxylation is 3. The van der Waals surface area contributed by atoms with E-state index in [-0.39, 0.29) is 24.3 Å². The van der Waals surface area contributed by atoms with Crippen molar-refractivity contribution in [1.29, 1.82) is 0 Å². The first-order valence-electron chi connectivity index (χ1n) is 21.9. The van der Waals surface area contributed by atoms with E-state index in [9.17, 15) is 14.4 Å². The maximum absolute atomic E-state index is 15.3. The third-order valence-corrected chi connectivity index (χ3v) is 14.0. The van der Waals surface area contributed by atoms with Crippen molar-refractivity contribution in [1.82, 2.24) is 34.5 Å². The van der Waals surface area contributed by atoms with Gasteiger partial charge in [-0.1, -0.05) is 0 Å². The van der Waals surface area contributed by atoms with E-state index in [1.165, 1.54) is 12.1 Å². The van der Waals surface area contributed by atoms with Gasteiger partial charge in [0.15, 0.2) is 0 Å². The Bertz CT molecular complexity index is 2590. The molecule has 1 saturated carbocycles. The number of anilines is 3. The summed E-state index contributed by atoms with van der Waals surface area (Å²) in [6.45, 7) is 8.19. The van der Waals surface area contributed by atoms with Gasteiger partial charge >= 0.3 is 0 Å². The van der Waals surface area contributed by atoms with Gasteiger partial charge in [0.2, 0.25) is 23.6 Å². The Labute approximate surface area is 358 Å². The first kappa shape index (κ1) is 40.2. The largest absolute Gasteiger partial charge is 0.477 e. The summed E-state index contributed by atoms with van der Waals surface area (Å²) in [5, 5.41) is 10.0. The highest BCUT2D eigenvalue weighted by molar-refractivity contribution is 6.05. The first-order chi connectivity index (χ1) is 29.9. The average Bonchev–Trinajstić information content (AvgIpc) is 3.90. The zero-order chi connectivity index (χ0) is 43.0. The van der Waals surface area contributed by atoms with Crippen LogP contribution in [0.5, 0.6) is 5.88 Å². The minimum atomic E-state index is -1.01. The van der Waals surface area contributed by atoms with Gasteiger partial charge in [-0.15, -0.1) is 0 Å². The number of likely N-dealkylation sites (N-methyl/N-ethyl adjacent to an activating group) is 1. The van der Waals surface area contributed by atoms with Crippen LogP contribution in [-0.2, 0) is 23.2 Å². The Morgan fingerprint density at radius 3 is 2.34 bits per heavy atom. The lowest BCUT2D eigenvalue weighted by atomic mass is 9.89. The molecule has 7 heterocycles. The lowest BCUT2D eigenvalue weighted by Crippen LogP contribution is -2.61. The Morgan fingerprint density at radius 1 is 0.823 bits per heavy atom. The normalized spacial score (nSPS) is 22.4. The molecule has 10 rings (SSSR count). The summed E-state index contributed by atoms with van der Waals surface area (Å²) in [7, 11) is 4.06. The molecule has 4 aliphatic heterocycles. The van der Waals surface area contributed by atoms with Gasteiger partial charge in [0, 0.05) is 86.5 Å². The number of pyridine rings is 1. The van der Waals surface area contributed by atoms with Gasteiger partial charge in [-0.2, -0.15) is 5.10 Å². The molecule has 14 nitrogen and oxygen atoms in total. The van der Waals surface area contributed by atoms with Crippen molar-refractivity contribution in [3.8, 4) is 17.1 Å². The Balaban J connectivity index is 0.827. The predicted octanol–water partition coefficient (Wildman–Crippen LogP) is 6.10. The van der Waals surface area contributed by atoms with E-state index in [1.807, 2.05) is 31.9 Å². The van der Waals surface area contributed by atoms with Gasteiger partial charge in [-0.05, 0) is 114 Å². The van der Waals surface area contributed by atoms with Crippen LogP contribution in [0.3, 0.4) is 0 Å². The number of imidazole rings is 1. The fraction of sp³-hybridized carbons (Fsp3) is 0.478. The summed E-state index contributed by atoms with van der Waals surface area (Å²) in [6, 6.07) is 13.3. The van der Waals surface area contributed by atoms with E-state index in [2.05, 4.69) is 55.3 Å². The number of benzene rings is 2. The third-order valence-electron chi connectivity index (χ3n) is 14.0. The number of rotatable bonds is 5. The lowest BCUT2D eigenvalue weighted by Gasteiger charge is -2.49. The quantitative estimate of drug-likeness (QED) is 0.200. The van der Waals surface area contributed by atoms with Gasteiger partial charge in [-0.3, -0.25) is 34.9 Å². The Hall–Kier alpha value is -5.90. The van der Waals surface area contributed by atoms with Crippen LogP contribution in [0.25, 0.3) is 22.3 Å². The van der Waals surface area contributed by atoms with Crippen molar-refractivity contribution >= 4 is 46.1 Å². The van der Waals surface area contributed by atoms with Gasteiger partial charge in [0.05, 0.1) is 40.5 Å². The smallest absolute Gasteiger partial charge is 0.258 e. The van der Waals surface area contributed by atoms with E-state index in [0.29, 0.717) is 72.4 Å². The van der Waals surface area contributed by atoms with Crippen LogP contribution >= 0.6 is 0 Å². The SMILES string of the molecule is Cc1cc2cc(n1)-c1c(C)nn(C)c1OC[C@H]1CC[C@H](C1)Cn1c(nc3ccc(N4CC(N(C)C5CCN(c6cc(F)c([C@H]7CCC(=O)NC7=O)c(F)c6)CC5)C4)cc31)NC2=O. The second-order valence-electron chi connectivity index (χ2n) is 18.1. The number of imide groups is 1. The fourth-order valence-electron chi connectivity index (χ4n) is 10.5. The molecule has 3 amide bonds. The van der Waals surface area contributed by atoms with Crippen LogP contribution in [0.4, 0.5) is 26.1 Å². The molecule has 0 radical (unpaired) electrons. The molecule has 5 aromatic rings. The number of halogens is 2. The van der Waals surface area contributed by atoms with E-state index < -0.39 is 29.4 Å². The number of amides is 3. The van der Waals surface area contributed by atoms with Crippen molar-refractivity contribution in [3.63, 3.8) is 0 Å². The molecule has 0 spiro atoms. The monoisotopic (exact) mass is 846 g/mol. The molecule has 2 N–H and O–H groups in total. The molecule has 3 aromatic heterocycles. The van der Waals surface area contributed by atoms with Crippen LogP contribution in [0.2, 0.25) is 0 Å². The molecule has 4 bridgehead atoms. The topological polar surface area (TPSA) is 143 Å². The number of aromatic nitrogens is 5. The van der Waals surface area contributed by atoms with Crippen molar-refractivity contribution in [2.45, 2.75) is 83.3 Å². The molecule has 3 saturated heterocycles. The van der Waals surface area contributed by atoms with Gasteiger partial charge in [-0.25, -0.2) is 18.4 Å². The van der Waals surface area contributed by atoms with E-state index in [1.54, 1.807) is 10.7 Å². The number of hydrogen-bond acceptors (Lipinski definition) is 10. The van der Waals surface area contributed by atoms with Crippen LogP contribution in [-0.4, -0.2) is 98.9 Å². The number of piperidine rings is 2. The summed E-state index contributed by atoms with van der Waals surface area (Å²) >= 11 is 0. The second kappa shape index (κ2) is 15.8. The number of nitrogens with one attached hydrogen (secondary N) is 2. The minimum Gasteiger partial charge on any atom is -0.477 e. The number of carbonyl (C=O) groups excluding carboxylic acids is 3. The number of nitrogens with zero attached hydrogens (tertiary/aromatic N) is 8. The Morgan fingerprint density at radius 2 is 1.58 bits per heavy atom. The average molecular weight is 847 g/mol. The molecule has 3 atom stereocenters. The molecule has 16 heteroatoms. The third kappa shape index (κ3) is 7.35. The maximum Gasteiger partial charge on any atom is 0.258 e. The Kier molecular flexibility index (Phi) is 10.2. The first-order valence-corrected chi connectivity index (χ1v) is 21.9. The summed E-state index contributed by atoms with van der Waals surface area (Å²) in [4.78, 5) is 54.6. The molecule has 1 aliphatic carbocycles. The van der Waals surface area contributed by atoms with Crippen molar-refractivity contribution in [3.05, 3.63) is 76.6 Å². The predicted molar refractivity (Wildman–Crippen MR) is 230 cm³/mol. The van der Waals surface area contributed by atoms with E-state index >= 15 is 8.78 Å². The van der Waals surface area contributed by atoms with Gasteiger partial charge < -0.3 is 19.1 Å². The highest BCUT2D eigenvalue weighted by Crippen LogP contribution is 2.39. The summed E-state index contributed by atoms with van der Waals surface area (Å²) in [6.07, 6.45) is 4.97. The fourth-order valence-corrected chi connectivity index (χ4v) is 10.5. The van der Waals surface area contributed by atoms with Gasteiger partial charge in [0.25, 0.3) is 5.91 Å². The number of fused-ring (bicyclic) bond motifs is 9. The van der Waals surface area contributed by atoms with Crippen molar-refractivity contribution in [2.75, 3.05) is 55.0 Å². The number of carbonyl (C=O) groups is 3. The highest BCUT2D eigenvalue weighted by Gasteiger charge is 2.37. The second-order valence-corrected chi connectivity index (χ2v) is 18.1. The molecule has 0 unspecified atom stereocenters. The molecule has 62 heavy (non-hydrogen) atoms. The summed E-state index contributed by atoms with van der Waals surface area (Å²) in [5.41, 5.74) is 6.60. The van der Waals surface area contributed by atoms with Crippen LogP contribution in [0.1, 0.15) is 78.2 Å². The van der Waals surface area contributed by atoms with Crippen LogP contribution in [0, 0.1) is 37.3 Å². The van der Waals surface area contributed by atoms with Crippen LogP contribution < -0.4 is 25.2 Å².